The van der Waals surface area contributed by atoms with Gasteiger partial charge in [-0.3, -0.25) is 13.9 Å². The number of allylic oxidation sites excluding steroid dienone is 1. The van der Waals surface area contributed by atoms with Crippen LogP contribution in [0.2, 0.25) is 0 Å². The quantitative estimate of drug-likeness (QED) is 0.565. The number of hydrogen-bond donors (Lipinski definition) is 2. The number of sulfonamides is 1. The highest BCUT2D eigenvalue weighted by atomic mass is 32.2. The zero-order valence-corrected chi connectivity index (χ0v) is 18.2. The van der Waals surface area contributed by atoms with Gasteiger partial charge < -0.3 is 10.6 Å². The third kappa shape index (κ3) is 4.23. The fourth-order valence-electron chi connectivity index (χ4n) is 3.21. The molecule has 3 aromatic rings. The van der Waals surface area contributed by atoms with E-state index < -0.39 is 15.8 Å². The van der Waals surface area contributed by atoms with Crippen molar-refractivity contribution in [3.63, 3.8) is 0 Å². The van der Waals surface area contributed by atoms with Gasteiger partial charge in [-0.1, -0.05) is 30.3 Å². The van der Waals surface area contributed by atoms with Crippen molar-refractivity contribution < 1.29 is 18.0 Å². The zero-order chi connectivity index (χ0) is 22.0. The number of fused-ring (bicyclic) bond motifs is 1. The van der Waals surface area contributed by atoms with Gasteiger partial charge in [0.05, 0.1) is 12.2 Å². The molecular formula is C22H19N3O4S2. The van der Waals surface area contributed by atoms with Gasteiger partial charge in [-0.05, 0) is 41.3 Å². The van der Waals surface area contributed by atoms with Crippen LogP contribution in [0.5, 0.6) is 0 Å². The van der Waals surface area contributed by atoms with Crippen molar-refractivity contribution in [2.75, 3.05) is 14.9 Å². The second-order valence-electron chi connectivity index (χ2n) is 6.87. The lowest BCUT2D eigenvalue weighted by Gasteiger charge is -2.29. The Morgan fingerprint density at radius 3 is 2.39 bits per heavy atom. The van der Waals surface area contributed by atoms with Crippen molar-refractivity contribution in [3.05, 3.63) is 87.6 Å². The minimum Gasteiger partial charge on any atom is -0.360 e. The Balaban J connectivity index is 1.66. The number of carbonyl (C=O) groups is 2. The molecule has 7 nitrogen and oxygen atoms in total. The molecule has 9 heteroatoms. The van der Waals surface area contributed by atoms with Crippen molar-refractivity contribution in [2.24, 2.45) is 0 Å². The Morgan fingerprint density at radius 1 is 1.03 bits per heavy atom. The molecule has 0 unspecified atom stereocenters. The summed E-state index contributed by atoms with van der Waals surface area (Å²) in [6.07, 6.45) is 1.23. The monoisotopic (exact) mass is 453 g/mol. The van der Waals surface area contributed by atoms with Crippen LogP contribution in [0.25, 0.3) is 0 Å². The van der Waals surface area contributed by atoms with Gasteiger partial charge in [0.2, 0.25) is 11.7 Å². The molecule has 31 heavy (non-hydrogen) atoms. The van der Waals surface area contributed by atoms with Crippen LogP contribution in [-0.4, -0.2) is 20.1 Å². The number of rotatable bonds is 5. The van der Waals surface area contributed by atoms with Crippen LogP contribution in [0.1, 0.15) is 22.2 Å². The van der Waals surface area contributed by atoms with Crippen molar-refractivity contribution in [3.8, 4) is 0 Å². The Hall–Kier alpha value is -3.43. The lowest BCUT2D eigenvalue weighted by molar-refractivity contribution is -0.114. The van der Waals surface area contributed by atoms with Crippen LogP contribution in [0.3, 0.4) is 0 Å². The molecule has 2 N–H and O–H groups in total. The molecule has 1 aliphatic heterocycles. The molecule has 0 fully saturated rings. The van der Waals surface area contributed by atoms with Gasteiger partial charge in [0.1, 0.15) is 4.88 Å². The molecule has 0 saturated heterocycles. The van der Waals surface area contributed by atoms with Crippen LogP contribution in [0, 0.1) is 0 Å². The third-order valence-corrected chi connectivity index (χ3v) is 7.32. The molecular weight excluding hydrogens is 434 g/mol. The minimum atomic E-state index is -4.06. The zero-order valence-electron chi connectivity index (χ0n) is 16.5. The predicted octanol–water partition coefficient (Wildman–Crippen LogP) is 4.19. The number of carbonyl (C=O) groups excluding carboxylic acids is 2. The van der Waals surface area contributed by atoms with Crippen LogP contribution in [0.4, 0.5) is 17.1 Å². The van der Waals surface area contributed by atoms with Crippen LogP contribution < -0.4 is 14.9 Å². The molecule has 0 saturated carbocycles. The van der Waals surface area contributed by atoms with E-state index in [0.717, 1.165) is 5.56 Å². The summed E-state index contributed by atoms with van der Waals surface area (Å²) in [6.45, 7) is 1.54. The molecule has 158 valence electrons. The first-order valence-electron chi connectivity index (χ1n) is 9.39. The average Bonchev–Trinajstić information content (AvgIpc) is 3.22. The van der Waals surface area contributed by atoms with Crippen LogP contribution in [-0.2, 0) is 21.4 Å². The van der Waals surface area contributed by atoms with E-state index >= 15 is 0 Å². The second-order valence-corrected chi connectivity index (χ2v) is 9.62. The van der Waals surface area contributed by atoms with Gasteiger partial charge in [-0.2, -0.15) is 0 Å². The van der Waals surface area contributed by atoms with Gasteiger partial charge in [0.15, 0.2) is 4.91 Å². The highest BCUT2D eigenvalue weighted by molar-refractivity contribution is 7.97. The molecule has 0 bridgehead atoms. The maximum absolute atomic E-state index is 13.3. The van der Waals surface area contributed by atoms with E-state index in [1.54, 1.807) is 35.7 Å². The van der Waals surface area contributed by atoms with Gasteiger partial charge in [-0.15, -0.1) is 11.3 Å². The molecule has 1 aliphatic rings. The summed E-state index contributed by atoms with van der Waals surface area (Å²) in [7, 11) is -4.06. The Morgan fingerprint density at radius 2 is 1.71 bits per heavy atom. The highest BCUT2D eigenvalue weighted by Gasteiger charge is 2.41. The van der Waals surface area contributed by atoms with E-state index in [0.29, 0.717) is 21.9 Å². The Kier molecular flexibility index (Phi) is 5.62. The standard InChI is InChI=1S/C22H19N3O4S2/c1-15(26)24-18-9-7-17(8-10-18)23-13-20-21(27)22-19(11-12-30-22)25(31(20,28)29)14-16-5-3-2-4-6-16/h2-13,23H,14H2,1H3,(H,24,26)/b20-13-. The number of nitrogens with one attached hydrogen (secondary N) is 2. The van der Waals surface area contributed by atoms with Crippen molar-refractivity contribution in [2.45, 2.75) is 13.5 Å². The molecule has 2 heterocycles. The molecule has 0 atom stereocenters. The maximum atomic E-state index is 13.3. The summed E-state index contributed by atoms with van der Waals surface area (Å²) in [5.41, 5.74) is 2.41. The molecule has 0 aliphatic carbocycles. The lowest BCUT2D eigenvalue weighted by atomic mass is 10.2. The van der Waals surface area contributed by atoms with Gasteiger partial charge in [0.25, 0.3) is 10.0 Å². The number of anilines is 3. The number of ketones is 1. The maximum Gasteiger partial charge on any atom is 0.270 e. The Bertz CT molecular complexity index is 1260. The first-order valence-corrected chi connectivity index (χ1v) is 11.7. The molecule has 4 rings (SSSR count). The van der Waals surface area contributed by atoms with Gasteiger partial charge in [0, 0.05) is 24.5 Å². The van der Waals surface area contributed by atoms with E-state index in [9.17, 15) is 18.0 Å². The van der Waals surface area contributed by atoms with Gasteiger partial charge >= 0.3 is 0 Å². The first-order chi connectivity index (χ1) is 14.9. The van der Waals surface area contributed by atoms with Crippen LogP contribution >= 0.6 is 11.3 Å². The van der Waals surface area contributed by atoms with Crippen molar-refractivity contribution >= 4 is 50.1 Å². The molecule has 0 spiro atoms. The van der Waals surface area contributed by atoms with Gasteiger partial charge in [-0.25, -0.2) is 8.42 Å². The SMILES string of the molecule is CC(=O)Nc1ccc(N/C=C2/C(=O)c3sccc3N(Cc3ccccc3)S2(=O)=O)cc1. The number of thiophene rings is 1. The predicted molar refractivity (Wildman–Crippen MR) is 123 cm³/mol. The number of Topliss-reactive ketones (excluding diaryl/α,β-unsaturated/α-hetero) is 1. The molecule has 1 amide bonds. The third-order valence-electron chi connectivity index (χ3n) is 4.66. The van der Waals surface area contributed by atoms with E-state index in [4.69, 9.17) is 0 Å². The summed E-state index contributed by atoms with van der Waals surface area (Å²) in [6, 6.07) is 17.6. The topological polar surface area (TPSA) is 95.6 Å². The van der Waals surface area contributed by atoms with E-state index in [2.05, 4.69) is 10.6 Å². The first kappa shape index (κ1) is 20.8. The summed E-state index contributed by atoms with van der Waals surface area (Å²) in [4.78, 5) is 24.1. The van der Waals surface area contributed by atoms with Crippen molar-refractivity contribution in [1.29, 1.82) is 0 Å². The fraction of sp³-hybridized carbons (Fsp3) is 0.0909. The van der Waals surface area contributed by atoms with E-state index in [-0.39, 0.29) is 17.4 Å². The molecule has 1 aromatic heterocycles. The largest absolute Gasteiger partial charge is 0.360 e. The highest BCUT2D eigenvalue weighted by Crippen LogP contribution is 2.39. The second kappa shape index (κ2) is 8.37. The van der Waals surface area contributed by atoms with E-state index in [1.807, 2.05) is 30.3 Å². The van der Waals surface area contributed by atoms with Crippen molar-refractivity contribution in [1.82, 2.24) is 0 Å². The lowest BCUT2D eigenvalue weighted by Crippen LogP contribution is -2.38. The summed E-state index contributed by atoms with van der Waals surface area (Å²) >= 11 is 1.22. The number of benzene rings is 2. The molecule has 2 aromatic carbocycles. The summed E-state index contributed by atoms with van der Waals surface area (Å²) in [5.74, 6) is -0.719. The van der Waals surface area contributed by atoms with E-state index in [1.165, 1.54) is 28.8 Å². The summed E-state index contributed by atoms with van der Waals surface area (Å²) in [5, 5.41) is 7.26. The Labute approximate surface area is 184 Å². The minimum absolute atomic E-state index is 0.128. The average molecular weight is 454 g/mol. The number of amides is 1. The van der Waals surface area contributed by atoms with Crippen LogP contribution in [0.15, 0.2) is 77.1 Å². The molecule has 0 radical (unpaired) electrons. The summed E-state index contributed by atoms with van der Waals surface area (Å²) < 4.78 is 27.9. The normalized spacial score (nSPS) is 16.1. The number of nitrogens with zero attached hydrogens (tertiary/aromatic N) is 1. The number of hydrogen-bond acceptors (Lipinski definition) is 6. The fourth-order valence-corrected chi connectivity index (χ4v) is 5.69. The smallest absolute Gasteiger partial charge is 0.270 e.